The molecule has 0 saturated carbocycles. The molecule has 0 atom stereocenters. The summed E-state index contributed by atoms with van der Waals surface area (Å²) in [4.78, 5) is 12.9. The van der Waals surface area contributed by atoms with Gasteiger partial charge in [-0.1, -0.05) is 54.6 Å². The van der Waals surface area contributed by atoms with E-state index < -0.39 is 7.26 Å². The summed E-state index contributed by atoms with van der Waals surface area (Å²) in [7, 11) is -2.26. The van der Waals surface area contributed by atoms with E-state index in [0.29, 0.717) is 0 Å². The zero-order valence-corrected chi connectivity index (χ0v) is 15.4. The standard InChI is InChI=1S/C20H18OP.BrH/c1-17(21)22(18-11-5-2-6-12-18,19-13-7-3-8-14-19)20-15-9-4-10-16-20;/h2-16H,1H3;1H/q+1;/p-1. The second-order valence-corrected chi connectivity index (χ2v) is 8.72. The predicted octanol–water partition coefficient (Wildman–Crippen LogP) is 0.531. The Bertz CT molecular complexity index is 661. The quantitative estimate of drug-likeness (QED) is 0.599. The first-order valence-corrected chi connectivity index (χ1v) is 9.12. The lowest BCUT2D eigenvalue weighted by molar-refractivity contribution is -0.109. The van der Waals surface area contributed by atoms with E-state index in [0.717, 1.165) is 15.9 Å². The number of halogens is 1. The first-order valence-electron chi connectivity index (χ1n) is 7.33. The fourth-order valence-electron chi connectivity index (χ4n) is 2.95. The molecule has 0 amide bonds. The summed E-state index contributed by atoms with van der Waals surface area (Å²) in [5.41, 5.74) is 0.232. The fraction of sp³-hybridized carbons (Fsp3) is 0.0500. The SMILES string of the molecule is CC(=O)[P+](c1ccccc1)(c1ccccc1)c1ccccc1.[Br-]. The average molecular weight is 385 g/mol. The van der Waals surface area contributed by atoms with Crippen molar-refractivity contribution in [2.45, 2.75) is 6.92 Å². The molecule has 116 valence electrons. The van der Waals surface area contributed by atoms with Gasteiger partial charge in [-0.05, 0) is 36.4 Å². The molecule has 3 rings (SSSR count). The van der Waals surface area contributed by atoms with Gasteiger partial charge >= 0.3 is 0 Å². The Balaban J connectivity index is 0.00000192. The molecule has 0 radical (unpaired) electrons. The second-order valence-electron chi connectivity index (χ2n) is 5.20. The highest BCUT2D eigenvalue weighted by Gasteiger charge is 2.50. The van der Waals surface area contributed by atoms with Crippen molar-refractivity contribution in [2.75, 3.05) is 0 Å². The normalized spacial score (nSPS) is 10.7. The summed E-state index contributed by atoms with van der Waals surface area (Å²) in [5, 5.41) is 3.33. The summed E-state index contributed by atoms with van der Waals surface area (Å²) < 4.78 is 0. The van der Waals surface area contributed by atoms with Crippen molar-refractivity contribution in [3.05, 3.63) is 91.0 Å². The third kappa shape index (κ3) is 3.15. The van der Waals surface area contributed by atoms with Crippen LogP contribution >= 0.6 is 7.26 Å². The number of rotatable bonds is 4. The first-order chi connectivity index (χ1) is 10.8. The topological polar surface area (TPSA) is 17.1 Å². The molecule has 3 aromatic rings. The molecule has 1 nitrogen and oxygen atoms in total. The Hall–Kier alpha value is -1.76. The highest BCUT2D eigenvalue weighted by Crippen LogP contribution is 2.55. The van der Waals surface area contributed by atoms with Crippen molar-refractivity contribution in [1.29, 1.82) is 0 Å². The maximum atomic E-state index is 12.9. The van der Waals surface area contributed by atoms with E-state index in [4.69, 9.17) is 0 Å². The maximum Gasteiger partial charge on any atom is 0.280 e. The molecule has 0 aromatic heterocycles. The highest BCUT2D eigenvalue weighted by atomic mass is 79.9. The molecule has 0 aliphatic carbocycles. The summed E-state index contributed by atoms with van der Waals surface area (Å²) in [6.45, 7) is 1.72. The summed E-state index contributed by atoms with van der Waals surface area (Å²) >= 11 is 0. The van der Waals surface area contributed by atoms with Gasteiger partial charge in [0.2, 0.25) is 0 Å². The van der Waals surface area contributed by atoms with Crippen molar-refractivity contribution >= 4 is 28.7 Å². The van der Waals surface area contributed by atoms with Gasteiger partial charge in [0, 0.05) is 6.92 Å². The van der Waals surface area contributed by atoms with Gasteiger partial charge in [0.05, 0.1) is 0 Å². The second kappa shape index (κ2) is 7.68. The third-order valence-electron chi connectivity index (χ3n) is 3.90. The summed E-state index contributed by atoms with van der Waals surface area (Å²) in [5.74, 6) is 0. The van der Waals surface area contributed by atoms with Crippen molar-refractivity contribution in [3.63, 3.8) is 0 Å². The lowest BCUT2D eigenvalue weighted by Crippen LogP contribution is -3.00. The smallest absolute Gasteiger partial charge is 0.280 e. The van der Waals surface area contributed by atoms with Gasteiger partial charge in [-0.3, -0.25) is 4.79 Å². The molecule has 0 N–H and O–H groups in total. The lowest BCUT2D eigenvalue weighted by atomic mass is 10.4. The number of carbonyl (C=O) groups is 1. The highest BCUT2D eigenvalue weighted by molar-refractivity contribution is 8.08. The van der Waals surface area contributed by atoms with E-state index in [2.05, 4.69) is 36.4 Å². The number of benzene rings is 3. The van der Waals surface area contributed by atoms with Crippen LogP contribution in [0.25, 0.3) is 0 Å². The molecule has 0 aliphatic rings. The van der Waals surface area contributed by atoms with Crippen LogP contribution in [0.5, 0.6) is 0 Å². The Morgan fingerprint density at radius 3 is 1.09 bits per heavy atom. The third-order valence-corrected chi connectivity index (χ3v) is 8.07. The van der Waals surface area contributed by atoms with Crippen LogP contribution in [0.3, 0.4) is 0 Å². The Labute approximate surface area is 148 Å². The van der Waals surface area contributed by atoms with Gasteiger partial charge in [0.1, 0.15) is 15.9 Å². The van der Waals surface area contributed by atoms with Crippen LogP contribution in [0, 0.1) is 0 Å². The summed E-state index contributed by atoms with van der Waals surface area (Å²) in [6.07, 6.45) is 0. The molecule has 3 heteroatoms. The average Bonchev–Trinajstić information content (AvgIpc) is 2.58. The van der Waals surface area contributed by atoms with Crippen LogP contribution in [0.15, 0.2) is 91.0 Å². The van der Waals surface area contributed by atoms with E-state index in [-0.39, 0.29) is 22.5 Å². The molecule has 0 aliphatic heterocycles. The Kier molecular flexibility index (Phi) is 5.87. The van der Waals surface area contributed by atoms with Crippen LogP contribution in [-0.4, -0.2) is 5.52 Å². The first kappa shape index (κ1) is 17.6. The minimum atomic E-state index is -2.26. The number of hydrogen-bond donors (Lipinski definition) is 0. The largest absolute Gasteiger partial charge is 1.00 e. The van der Waals surface area contributed by atoms with E-state index in [9.17, 15) is 4.79 Å². The molecular weight excluding hydrogens is 367 g/mol. The maximum absolute atomic E-state index is 12.9. The van der Waals surface area contributed by atoms with Crippen LogP contribution in [0.2, 0.25) is 0 Å². The molecule has 0 saturated heterocycles. The van der Waals surface area contributed by atoms with Gasteiger partial charge in [0.15, 0.2) is 7.26 Å². The van der Waals surface area contributed by atoms with E-state index in [1.54, 1.807) is 6.92 Å². The zero-order valence-electron chi connectivity index (χ0n) is 12.9. The van der Waals surface area contributed by atoms with Gasteiger partial charge in [-0.2, -0.15) is 0 Å². The van der Waals surface area contributed by atoms with Crippen LogP contribution in [0.4, 0.5) is 0 Å². The fourth-order valence-corrected chi connectivity index (χ4v) is 6.79. The van der Waals surface area contributed by atoms with Gasteiger partial charge in [-0.15, -0.1) is 0 Å². The Morgan fingerprint density at radius 2 is 0.870 bits per heavy atom. The number of carbonyl (C=O) groups excluding carboxylic acids is 1. The van der Waals surface area contributed by atoms with E-state index >= 15 is 0 Å². The minimum absolute atomic E-state index is 0. The molecule has 0 fully saturated rings. The molecule has 0 unspecified atom stereocenters. The van der Waals surface area contributed by atoms with E-state index in [1.165, 1.54) is 0 Å². The van der Waals surface area contributed by atoms with Crippen molar-refractivity contribution in [2.24, 2.45) is 0 Å². The van der Waals surface area contributed by atoms with Crippen molar-refractivity contribution < 1.29 is 21.8 Å². The zero-order chi connectivity index (χ0) is 15.4. The van der Waals surface area contributed by atoms with E-state index in [1.807, 2.05) is 54.6 Å². The van der Waals surface area contributed by atoms with Gasteiger partial charge in [-0.25, -0.2) is 0 Å². The number of hydrogen-bond acceptors (Lipinski definition) is 1. The molecule has 3 aromatic carbocycles. The van der Waals surface area contributed by atoms with Crippen LogP contribution in [-0.2, 0) is 4.79 Å². The molecule has 23 heavy (non-hydrogen) atoms. The Morgan fingerprint density at radius 1 is 0.609 bits per heavy atom. The predicted molar refractivity (Wildman–Crippen MR) is 95.8 cm³/mol. The molecule has 0 spiro atoms. The van der Waals surface area contributed by atoms with Crippen LogP contribution < -0.4 is 32.9 Å². The van der Waals surface area contributed by atoms with Crippen molar-refractivity contribution in [1.82, 2.24) is 0 Å². The summed E-state index contributed by atoms with van der Waals surface area (Å²) in [6, 6.07) is 30.5. The van der Waals surface area contributed by atoms with Crippen LogP contribution in [0.1, 0.15) is 6.92 Å². The lowest BCUT2D eigenvalue weighted by Gasteiger charge is -2.23. The molecule has 0 bridgehead atoms. The van der Waals surface area contributed by atoms with Gasteiger partial charge < -0.3 is 17.0 Å². The molecule has 0 heterocycles. The molecular formula is C20H18BrOP. The van der Waals surface area contributed by atoms with Crippen molar-refractivity contribution in [3.8, 4) is 0 Å². The minimum Gasteiger partial charge on any atom is -1.00 e. The monoisotopic (exact) mass is 384 g/mol. The van der Waals surface area contributed by atoms with Gasteiger partial charge in [0.25, 0.3) is 5.52 Å².